The smallest absolute Gasteiger partial charge is 0.408 e. The molecule has 0 bridgehead atoms. The number of alkyl carbamates (subject to hydrolysis) is 1. The largest absolute Gasteiger partial charge is 0.480 e. The van der Waals surface area contributed by atoms with Gasteiger partial charge in [-0.1, -0.05) is 43.1 Å². The van der Waals surface area contributed by atoms with Crippen molar-refractivity contribution >= 4 is 19.5 Å². The monoisotopic (exact) mass is 308 g/mol. The molecule has 8 heteroatoms. The van der Waals surface area contributed by atoms with Crippen LogP contribution in [-0.2, 0) is 20.8 Å². The molecule has 22 heavy (non-hydrogen) atoms. The summed E-state index contributed by atoms with van der Waals surface area (Å²) >= 11 is 0. The number of hydrogen-bond acceptors (Lipinski definition) is 5. The van der Waals surface area contributed by atoms with Crippen LogP contribution in [0.4, 0.5) is 4.79 Å². The summed E-state index contributed by atoms with van der Waals surface area (Å²) in [6.45, 7) is 0.246. The summed E-state index contributed by atoms with van der Waals surface area (Å²) in [5, 5.41) is 11.4. The third-order valence-corrected chi connectivity index (χ3v) is 2.95. The summed E-state index contributed by atoms with van der Waals surface area (Å²) in [4.78, 5) is 22.7. The zero-order valence-corrected chi connectivity index (χ0v) is 12.4. The first-order valence-electron chi connectivity index (χ1n) is 7.11. The molecule has 0 saturated heterocycles. The quantitative estimate of drug-likeness (QED) is 0.336. The molecule has 0 aliphatic heterocycles. The lowest BCUT2D eigenvalue weighted by Crippen LogP contribution is -2.41. The van der Waals surface area contributed by atoms with Gasteiger partial charge in [0.05, 0.1) is 6.73 Å². The zero-order valence-electron chi connectivity index (χ0n) is 12.4. The van der Waals surface area contributed by atoms with Crippen molar-refractivity contribution in [3.05, 3.63) is 35.9 Å². The number of amides is 1. The van der Waals surface area contributed by atoms with Crippen LogP contribution in [-0.4, -0.2) is 37.4 Å². The van der Waals surface area contributed by atoms with E-state index in [1.165, 1.54) is 0 Å². The number of hydrogen-bond donors (Lipinski definition) is 3. The number of carboxylic acids is 1. The van der Waals surface area contributed by atoms with Gasteiger partial charge in [-0.05, 0) is 12.0 Å². The van der Waals surface area contributed by atoms with Gasteiger partial charge in [-0.25, -0.2) is 9.59 Å². The average Bonchev–Trinajstić information content (AvgIpc) is 2.52. The summed E-state index contributed by atoms with van der Waals surface area (Å²) in [5.41, 5.74) is 6.01. The van der Waals surface area contributed by atoms with E-state index in [9.17, 15) is 9.59 Å². The summed E-state index contributed by atoms with van der Waals surface area (Å²) in [6.07, 6.45) is 0.857. The third kappa shape index (κ3) is 7.65. The SMILES string of the molecule is NCOBCCC[C@H](NC(=O)OCc1ccccc1)C(=O)O. The van der Waals surface area contributed by atoms with Crippen LogP contribution >= 0.6 is 0 Å². The van der Waals surface area contributed by atoms with Gasteiger partial charge in [-0.15, -0.1) is 0 Å². The molecule has 0 radical (unpaired) electrons. The number of carboxylic acid groups (broad SMARTS) is 1. The Bertz CT molecular complexity index is 458. The van der Waals surface area contributed by atoms with Crippen molar-refractivity contribution in [2.75, 3.05) is 6.73 Å². The van der Waals surface area contributed by atoms with Crippen molar-refractivity contribution in [1.29, 1.82) is 0 Å². The molecule has 4 N–H and O–H groups in total. The fraction of sp³-hybridized carbons (Fsp3) is 0.429. The summed E-state index contributed by atoms with van der Waals surface area (Å²) in [5.74, 6) is -1.09. The Morgan fingerprint density at radius 2 is 2.05 bits per heavy atom. The average molecular weight is 308 g/mol. The van der Waals surface area contributed by atoms with E-state index in [0.717, 1.165) is 5.56 Å². The van der Waals surface area contributed by atoms with E-state index in [1.54, 1.807) is 0 Å². The second kappa shape index (κ2) is 10.6. The Morgan fingerprint density at radius 1 is 1.32 bits per heavy atom. The molecule has 0 aliphatic carbocycles. The Kier molecular flexibility index (Phi) is 8.70. The molecule has 120 valence electrons. The van der Waals surface area contributed by atoms with E-state index in [-0.39, 0.29) is 13.3 Å². The summed E-state index contributed by atoms with van der Waals surface area (Å²) in [7, 11) is 0.474. The number of aliphatic carboxylic acids is 1. The molecule has 1 aromatic carbocycles. The molecule has 0 aliphatic rings. The first kappa shape index (κ1) is 18.0. The Hall–Kier alpha value is -2.06. The number of nitrogens with one attached hydrogen (secondary N) is 1. The normalized spacial score (nSPS) is 11.5. The Morgan fingerprint density at radius 3 is 2.68 bits per heavy atom. The molecule has 1 aromatic rings. The van der Waals surface area contributed by atoms with Crippen LogP contribution < -0.4 is 11.1 Å². The molecule has 1 atom stereocenters. The zero-order chi connectivity index (χ0) is 16.2. The second-order valence-corrected chi connectivity index (χ2v) is 4.67. The summed E-state index contributed by atoms with van der Waals surface area (Å²) in [6, 6.07) is 8.19. The van der Waals surface area contributed by atoms with Gasteiger partial charge in [0.1, 0.15) is 12.6 Å². The van der Waals surface area contributed by atoms with Gasteiger partial charge in [0, 0.05) is 0 Å². The van der Waals surface area contributed by atoms with Gasteiger partial charge in [-0.3, -0.25) is 0 Å². The lowest BCUT2D eigenvalue weighted by molar-refractivity contribution is -0.139. The van der Waals surface area contributed by atoms with E-state index in [4.69, 9.17) is 20.2 Å². The first-order chi connectivity index (χ1) is 10.6. The minimum Gasteiger partial charge on any atom is -0.480 e. The number of benzene rings is 1. The van der Waals surface area contributed by atoms with Crippen LogP contribution in [0.3, 0.4) is 0 Å². The maximum atomic E-state index is 11.6. The number of carbonyl (C=O) groups is 2. The lowest BCUT2D eigenvalue weighted by Gasteiger charge is -2.14. The van der Waals surface area contributed by atoms with Crippen LogP contribution in [0.5, 0.6) is 0 Å². The van der Waals surface area contributed by atoms with Crippen LogP contribution in [0, 0.1) is 0 Å². The standard InChI is InChI=1S/C14H21BN2O5/c16-10-22-15-8-4-7-12(13(18)19)17-14(20)21-9-11-5-2-1-3-6-11/h1-3,5-6,12,15H,4,7-10,16H2,(H,17,20)(H,18,19)/t12-/m0/s1. The lowest BCUT2D eigenvalue weighted by atomic mass is 9.90. The number of nitrogens with two attached hydrogens (primary N) is 1. The van der Waals surface area contributed by atoms with E-state index < -0.39 is 18.1 Å². The fourth-order valence-electron chi connectivity index (χ4n) is 1.80. The van der Waals surface area contributed by atoms with Crippen LogP contribution in [0.1, 0.15) is 18.4 Å². The number of rotatable bonds is 10. The molecule has 0 aromatic heterocycles. The molecule has 0 fully saturated rings. The Labute approximate surface area is 130 Å². The minimum atomic E-state index is -1.09. The van der Waals surface area contributed by atoms with Crippen molar-refractivity contribution < 1.29 is 24.1 Å². The third-order valence-electron chi connectivity index (χ3n) is 2.95. The molecular weight excluding hydrogens is 287 g/mol. The van der Waals surface area contributed by atoms with Gasteiger partial charge >= 0.3 is 12.1 Å². The molecule has 0 saturated carbocycles. The van der Waals surface area contributed by atoms with Gasteiger partial charge in [0.2, 0.25) is 0 Å². The number of ether oxygens (including phenoxy) is 1. The molecule has 1 amide bonds. The molecule has 0 heterocycles. The highest BCUT2D eigenvalue weighted by atomic mass is 16.5. The van der Waals surface area contributed by atoms with Gasteiger partial charge in [-0.2, -0.15) is 0 Å². The van der Waals surface area contributed by atoms with E-state index in [1.807, 2.05) is 30.3 Å². The summed E-state index contributed by atoms with van der Waals surface area (Å²) < 4.78 is 9.96. The second-order valence-electron chi connectivity index (χ2n) is 4.67. The molecule has 0 unspecified atom stereocenters. The maximum absolute atomic E-state index is 11.6. The van der Waals surface area contributed by atoms with Crippen molar-refractivity contribution in [1.82, 2.24) is 5.32 Å². The van der Waals surface area contributed by atoms with Crippen LogP contribution in [0.25, 0.3) is 0 Å². The van der Waals surface area contributed by atoms with Crippen molar-refractivity contribution in [2.45, 2.75) is 31.8 Å². The van der Waals surface area contributed by atoms with Crippen LogP contribution in [0.15, 0.2) is 30.3 Å². The molecule has 7 nitrogen and oxygen atoms in total. The van der Waals surface area contributed by atoms with Gasteiger partial charge < -0.3 is 25.5 Å². The highest BCUT2D eigenvalue weighted by Gasteiger charge is 2.20. The highest BCUT2D eigenvalue weighted by molar-refractivity contribution is 6.26. The predicted molar refractivity (Wildman–Crippen MR) is 82.5 cm³/mol. The fourth-order valence-corrected chi connectivity index (χ4v) is 1.80. The van der Waals surface area contributed by atoms with Crippen molar-refractivity contribution in [3.8, 4) is 0 Å². The van der Waals surface area contributed by atoms with Crippen molar-refractivity contribution in [2.24, 2.45) is 5.73 Å². The molecule has 0 spiro atoms. The van der Waals surface area contributed by atoms with Crippen molar-refractivity contribution in [3.63, 3.8) is 0 Å². The predicted octanol–water partition coefficient (Wildman–Crippen LogP) is 0.849. The minimum absolute atomic E-state index is 0.101. The topological polar surface area (TPSA) is 111 Å². The van der Waals surface area contributed by atoms with Crippen LogP contribution in [0.2, 0.25) is 6.32 Å². The Balaban J connectivity index is 2.29. The number of carbonyl (C=O) groups excluding carboxylic acids is 1. The highest BCUT2D eigenvalue weighted by Crippen LogP contribution is 2.04. The van der Waals surface area contributed by atoms with E-state index >= 15 is 0 Å². The van der Waals surface area contributed by atoms with E-state index in [0.29, 0.717) is 26.6 Å². The van der Waals surface area contributed by atoms with Gasteiger partial charge in [0.25, 0.3) is 7.48 Å². The van der Waals surface area contributed by atoms with Gasteiger partial charge in [0.15, 0.2) is 0 Å². The first-order valence-corrected chi connectivity index (χ1v) is 7.11. The maximum Gasteiger partial charge on any atom is 0.408 e. The van der Waals surface area contributed by atoms with E-state index in [2.05, 4.69) is 5.32 Å². The molecule has 1 rings (SSSR count). The molecular formula is C14H21BN2O5.